The standard InChI is InChI=1S/C30H28F2N8OS/c1-42(41)26-5-2-19(3-6-26)15-39-24-9-25(39)18-38(17-24)28-7-4-20(12-35-28)27-8-21(22(10-33)13-36-30(31)32)16-40-29(27)23(11-34)14-37-40/h2-8,10,12-14,16,24-25,30,33,36H,9,15,17-18H2,1H3/b22-13+,33-10?. The first-order valence-corrected chi connectivity index (χ1v) is 15.0. The van der Waals surface area contributed by atoms with Crippen molar-refractivity contribution in [3.8, 4) is 17.2 Å². The van der Waals surface area contributed by atoms with Gasteiger partial charge in [-0.05, 0) is 53.5 Å². The van der Waals surface area contributed by atoms with Crippen molar-refractivity contribution in [1.82, 2.24) is 24.8 Å². The van der Waals surface area contributed by atoms with Crippen LogP contribution in [0.4, 0.5) is 14.6 Å². The van der Waals surface area contributed by atoms with Gasteiger partial charge in [0.1, 0.15) is 18.1 Å². The molecule has 7 rings (SSSR count). The summed E-state index contributed by atoms with van der Waals surface area (Å²) in [5, 5.41) is 23.6. The molecule has 0 spiro atoms. The largest absolute Gasteiger partial charge is 0.612 e. The van der Waals surface area contributed by atoms with Gasteiger partial charge in [0.2, 0.25) is 0 Å². The van der Waals surface area contributed by atoms with Gasteiger partial charge < -0.3 is 20.2 Å². The summed E-state index contributed by atoms with van der Waals surface area (Å²) in [6.45, 7) is -0.163. The molecular formula is C30H28F2N8OS. The van der Waals surface area contributed by atoms with Gasteiger partial charge in [-0.1, -0.05) is 12.1 Å². The fourth-order valence-electron chi connectivity index (χ4n) is 5.80. The monoisotopic (exact) mass is 586 g/mol. The molecule has 12 heteroatoms. The van der Waals surface area contributed by atoms with Crippen LogP contribution in [0.15, 0.2) is 72.2 Å². The van der Waals surface area contributed by atoms with Gasteiger partial charge in [0.15, 0.2) is 4.90 Å². The van der Waals surface area contributed by atoms with E-state index in [4.69, 9.17) is 10.4 Å². The number of nitrogens with zero attached hydrogens (tertiary/aromatic N) is 6. The number of pyridine rings is 2. The van der Waals surface area contributed by atoms with Crippen LogP contribution >= 0.6 is 0 Å². The zero-order valence-corrected chi connectivity index (χ0v) is 23.6. The summed E-state index contributed by atoms with van der Waals surface area (Å²) in [6, 6.07) is 16.7. The molecule has 1 aromatic carbocycles. The third-order valence-electron chi connectivity index (χ3n) is 7.93. The molecule has 0 radical (unpaired) electrons. The molecule has 9 nitrogen and oxygen atoms in total. The Morgan fingerprint density at radius 3 is 2.60 bits per heavy atom. The molecule has 0 saturated carbocycles. The van der Waals surface area contributed by atoms with E-state index in [1.807, 2.05) is 29.6 Å². The zero-order chi connectivity index (χ0) is 29.4. The normalized spacial score (nSPS) is 19.4. The Hall–Kier alpha value is -4.31. The summed E-state index contributed by atoms with van der Waals surface area (Å²) >= 11 is -0.980. The molecule has 3 aliphatic heterocycles. The third-order valence-corrected chi connectivity index (χ3v) is 8.87. The summed E-state index contributed by atoms with van der Waals surface area (Å²) in [5.41, 5.74) is 4.31. The van der Waals surface area contributed by atoms with Gasteiger partial charge in [0, 0.05) is 78.8 Å². The van der Waals surface area contributed by atoms with Gasteiger partial charge in [-0.3, -0.25) is 4.90 Å². The first-order chi connectivity index (χ1) is 20.3. The van der Waals surface area contributed by atoms with E-state index in [0.29, 0.717) is 34.3 Å². The molecule has 6 heterocycles. The number of piperidine rings is 1. The van der Waals surface area contributed by atoms with Crippen molar-refractivity contribution in [2.24, 2.45) is 0 Å². The summed E-state index contributed by atoms with van der Waals surface area (Å²) < 4.78 is 38.7. The predicted octanol–water partition coefficient (Wildman–Crippen LogP) is 4.27. The van der Waals surface area contributed by atoms with Crippen LogP contribution in [0.2, 0.25) is 0 Å². The van der Waals surface area contributed by atoms with Crippen LogP contribution in [-0.4, -0.2) is 68.2 Å². The molecule has 2 N–H and O–H groups in total. The molecule has 3 atom stereocenters. The number of piperazine rings is 1. The SMILES string of the molecule is C[S+]([O-])c1ccc(CN2C3CC2CN(c2ccc(-c4cc(/C(C=N)=C/NC(F)F)cn5ncc(C#N)c45)cn2)C3)cc1. The van der Waals surface area contributed by atoms with Gasteiger partial charge in [-0.25, -0.2) is 9.50 Å². The molecule has 3 aromatic heterocycles. The van der Waals surface area contributed by atoms with Crippen LogP contribution in [-0.2, 0) is 17.7 Å². The lowest BCUT2D eigenvalue weighted by molar-refractivity contribution is -0.00869. The van der Waals surface area contributed by atoms with E-state index in [9.17, 15) is 18.6 Å². The van der Waals surface area contributed by atoms with E-state index >= 15 is 0 Å². The predicted molar refractivity (Wildman–Crippen MR) is 158 cm³/mol. The Labute approximate surface area is 244 Å². The van der Waals surface area contributed by atoms with Gasteiger partial charge in [-0.15, -0.1) is 0 Å². The molecule has 2 bridgehead atoms. The van der Waals surface area contributed by atoms with Crippen LogP contribution in [0.1, 0.15) is 23.1 Å². The van der Waals surface area contributed by atoms with E-state index in [0.717, 1.165) is 54.7 Å². The van der Waals surface area contributed by atoms with E-state index in [2.05, 4.69) is 33.1 Å². The Bertz CT molecular complexity index is 1670. The van der Waals surface area contributed by atoms with E-state index in [1.54, 1.807) is 24.7 Å². The van der Waals surface area contributed by atoms with Crippen molar-refractivity contribution in [3.63, 3.8) is 0 Å². The van der Waals surface area contributed by atoms with E-state index in [1.165, 1.54) is 16.3 Å². The van der Waals surface area contributed by atoms with Gasteiger partial charge in [-0.2, -0.15) is 19.1 Å². The number of aromatic nitrogens is 3. The molecule has 214 valence electrons. The molecular weight excluding hydrogens is 558 g/mol. The minimum absolute atomic E-state index is 0.241. The molecule has 42 heavy (non-hydrogen) atoms. The molecule has 0 amide bonds. The maximum Gasteiger partial charge on any atom is 0.312 e. The number of alkyl halides is 2. The van der Waals surface area contributed by atoms with Crippen molar-refractivity contribution in [2.75, 3.05) is 24.2 Å². The Kier molecular flexibility index (Phi) is 7.64. The Morgan fingerprint density at radius 1 is 1.21 bits per heavy atom. The number of allylic oxidation sites excluding steroid dienone is 1. The van der Waals surface area contributed by atoms with Gasteiger partial charge in [0.25, 0.3) is 0 Å². The summed E-state index contributed by atoms with van der Waals surface area (Å²) in [4.78, 5) is 10.4. The fraction of sp³-hybridized carbons (Fsp3) is 0.267. The van der Waals surface area contributed by atoms with Crippen molar-refractivity contribution in [2.45, 2.75) is 36.5 Å². The molecule has 3 fully saturated rings. The Balaban J connectivity index is 1.21. The zero-order valence-electron chi connectivity index (χ0n) is 22.7. The fourth-order valence-corrected chi connectivity index (χ4v) is 6.32. The smallest absolute Gasteiger partial charge is 0.312 e. The van der Waals surface area contributed by atoms with Crippen LogP contribution < -0.4 is 10.2 Å². The first-order valence-electron chi connectivity index (χ1n) is 13.4. The number of fused-ring (bicyclic) bond motifs is 3. The quantitative estimate of drug-likeness (QED) is 0.171. The molecule has 3 unspecified atom stereocenters. The number of rotatable bonds is 9. The lowest BCUT2D eigenvalue weighted by Crippen LogP contribution is -2.68. The molecule has 3 saturated heterocycles. The average Bonchev–Trinajstić information content (AvgIpc) is 3.43. The van der Waals surface area contributed by atoms with Crippen LogP contribution in [0, 0.1) is 16.7 Å². The number of halogens is 2. The second-order valence-corrected chi connectivity index (χ2v) is 11.8. The minimum Gasteiger partial charge on any atom is -0.612 e. The summed E-state index contributed by atoms with van der Waals surface area (Å²) in [5.74, 6) is 0.866. The van der Waals surface area contributed by atoms with Gasteiger partial charge in [0.05, 0.1) is 17.3 Å². The average molecular weight is 587 g/mol. The first kappa shape index (κ1) is 27.8. The van der Waals surface area contributed by atoms with Crippen LogP contribution in [0.25, 0.3) is 22.2 Å². The topological polar surface area (TPSA) is 119 Å². The highest BCUT2D eigenvalue weighted by atomic mass is 32.2. The number of benzene rings is 1. The highest BCUT2D eigenvalue weighted by Gasteiger charge is 2.44. The second-order valence-electron chi connectivity index (χ2n) is 10.4. The highest BCUT2D eigenvalue weighted by molar-refractivity contribution is 7.90. The number of hydrogen-bond donors (Lipinski definition) is 2. The van der Waals surface area contributed by atoms with Crippen molar-refractivity contribution >= 4 is 34.3 Å². The van der Waals surface area contributed by atoms with E-state index < -0.39 is 17.7 Å². The van der Waals surface area contributed by atoms with Crippen LogP contribution in [0.3, 0.4) is 0 Å². The van der Waals surface area contributed by atoms with Crippen LogP contribution in [0.5, 0.6) is 0 Å². The summed E-state index contributed by atoms with van der Waals surface area (Å²) in [6.07, 6.45) is 9.74. The lowest BCUT2D eigenvalue weighted by atomic mass is 9.86. The van der Waals surface area contributed by atoms with Gasteiger partial charge >= 0.3 is 6.55 Å². The van der Waals surface area contributed by atoms with Crippen molar-refractivity contribution in [1.29, 1.82) is 10.7 Å². The number of nitriles is 1. The number of anilines is 1. The molecule has 0 aliphatic carbocycles. The molecule has 3 aliphatic rings. The second kappa shape index (κ2) is 11.5. The lowest BCUT2D eigenvalue weighted by Gasteiger charge is -2.56. The highest BCUT2D eigenvalue weighted by Crippen LogP contribution is 2.36. The molecule has 4 aromatic rings. The maximum absolute atomic E-state index is 12.8. The minimum atomic E-state index is -2.76. The third kappa shape index (κ3) is 5.34. The number of hydrogen-bond acceptors (Lipinski definition) is 8. The summed E-state index contributed by atoms with van der Waals surface area (Å²) in [7, 11) is 0. The Morgan fingerprint density at radius 2 is 1.98 bits per heavy atom. The number of nitrogens with one attached hydrogen (secondary N) is 2. The van der Waals surface area contributed by atoms with Crippen molar-refractivity contribution < 1.29 is 13.3 Å². The maximum atomic E-state index is 12.8. The van der Waals surface area contributed by atoms with Crippen molar-refractivity contribution in [3.05, 3.63) is 83.9 Å². The van der Waals surface area contributed by atoms with E-state index in [-0.39, 0.29) is 5.57 Å².